The van der Waals surface area contributed by atoms with Crippen molar-refractivity contribution < 1.29 is 4.79 Å². The summed E-state index contributed by atoms with van der Waals surface area (Å²) in [6.07, 6.45) is 10.3. The van der Waals surface area contributed by atoms with Gasteiger partial charge in [-0.3, -0.25) is 4.79 Å². The second-order valence-corrected chi connectivity index (χ2v) is 5.04. The summed E-state index contributed by atoms with van der Waals surface area (Å²) in [6, 6.07) is 0. The van der Waals surface area contributed by atoms with Gasteiger partial charge in [0.2, 0.25) is 5.91 Å². The Labute approximate surface area is 113 Å². The van der Waals surface area contributed by atoms with Crippen LogP contribution in [0, 0.1) is 0 Å². The summed E-state index contributed by atoms with van der Waals surface area (Å²) in [6.45, 7) is 6.55. The normalized spacial score (nSPS) is 10.6. The predicted molar refractivity (Wildman–Crippen MR) is 78.5 cm³/mol. The quantitative estimate of drug-likeness (QED) is 0.544. The van der Waals surface area contributed by atoms with Crippen molar-refractivity contribution in [2.45, 2.75) is 71.6 Å². The van der Waals surface area contributed by atoms with Crippen molar-refractivity contribution in [3.8, 4) is 0 Å². The first-order chi connectivity index (χ1) is 8.76. The zero-order valence-corrected chi connectivity index (χ0v) is 12.4. The van der Waals surface area contributed by atoms with Crippen LogP contribution in [0.5, 0.6) is 0 Å². The fourth-order valence-electron chi connectivity index (χ4n) is 2.08. The molecule has 0 bridgehead atoms. The van der Waals surface area contributed by atoms with Crippen LogP contribution >= 0.6 is 0 Å². The average molecular weight is 256 g/mol. The van der Waals surface area contributed by atoms with E-state index in [1.165, 1.54) is 32.1 Å². The lowest BCUT2D eigenvalue weighted by atomic mass is 10.1. The van der Waals surface area contributed by atoms with Gasteiger partial charge < -0.3 is 10.6 Å². The Morgan fingerprint density at radius 1 is 0.889 bits per heavy atom. The van der Waals surface area contributed by atoms with Crippen molar-refractivity contribution in [3.63, 3.8) is 0 Å². The summed E-state index contributed by atoms with van der Waals surface area (Å²) < 4.78 is 0. The number of nitrogens with zero attached hydrogens (tertiary/aromatic N) is 1. The molecule has 0 aromatic carbocycles. The van der Waals surface area contributed by atoms with E-state index in [1.807, 2.05) is 4.90 Å². The van der Waals surface area contributed by atoms with E-state index >= 15 is 0 Å². The molecule has 0 atom stereocenters. The minimum atomic E-state index is 0.296. The Hall–Kier alpha value is -0.570. The van der Waals surface area contributed by atoms with Gasteiger partial charge in [-0.2, -0.15) is 0 Å². The van der Waals surface area contributed by atoms with Crippen LogP contribution in [0.2, 0.25) is 0 Å². The molecule has 108 valence electrons. The molecule has 0 rings (SSSR count). The largest absolute Gasteiger partial charge is 0.341 e. The molecule has 0 saturated heterocycles. The molecule has 0 heterocycles. The highest BCUT2D eigenvalue weighted by atomic mass is 16.2. The van der Waals surface area contributed by atoms with Crippen molar-refractivity contribution in [2.24, 2.45) is 5.73 Å². The van der Waals surface area contributed by atoms with Crippen molar-refractivity contribution in [1.29, 1.82) is 0 Å². The van der Waals surface area contributed by atoms with Gasteiger partial charge in [-0.15, -0.1) is 0 Å². The molecular formula is C15H32N2O. The third-order valence-corrected chi connectivity index (χ3v) is 3.28. The number of carbonyl (C=O) groups is 1. The van der Waals surface area contributed by atoms with Crippen LogP contribution < -0.4 is 5.73 Å². The topological polar surface area (TPSA) is 46.3 Å². The molecule has 3 heteroatoms. The van der Waals surface area contributed by atoms with Gasteiger partial charge in [0.1, 0.15) is 0 Å². The van der Waals surface area contributed by atoms with E-state index in [0.29, 0.717) is 25.4 Å². The van der Waals surface area contributed by atoms with Gasteiger partial charge in [0.25, 0.3) is 0 Å². The van der Waals surface area contributed by atoms with Gasteiger partial charge in [-0.05, 0) is 12.8 Å². The zero-order chi connectivity index (χ0) is 13.6. The standard InChI is InChI=1S/C15H32N2O/c1-3-5-7-8-9-10-11-15(18)17(14-12-16)13-6-4-2/h3-14,16H2,1-2H3. The third kappa shape index (κ3) is 9.46. The molecule has 0 unspecified atom stereocenters. The minimum absolute atomic E-state index is 0.296. The lowest BCUT2D eigenvalue weighted by Crippen LogP contribution is -2.35. The molecule has 0 spiro atoms. The second-order valence-electron chi connectivity index (χ2n) is 5.04. The lowest BCUT2D eigenvalue weighted by Gasteiger charge is -2.21. The predicted octanol–water partition coefficient (Wildman–Crippen LogP) is 3.32. The lowest BCUT2D eigenvalue weighted by molar-refractivity contribution is -0.131. The molecule has 0 fully saturated rings. The highest BCUT2D eigenvalue weighted by Gasteiger charge is 2.11. The van der Waals surface area contributed by atoms with E-state index in [-0.39, 0.29) is 0 Å². The van der Waals surface area contributed by atoms with Crippen LogP contribution in [0.15, 0.2) is 0 Å². The number of unbranched alkanes of at least 4 members (excludes halogenated alkanes) is 6. The van der Waals surface area contributed by atoms with E-state index in [9.17, 15) is 4.79 Å². The smallest absolute Gasteiger partial charge is 0.222 e. The van der Waals surface area contributed by atoms with Crippen LogP contribution in [-0.2, 0) is 4.79 Å². The minimum Gasteiger partial charge on any atom is -0.341 e. The summed E-state index contributed by atoms with van der Waals surface area (Å²) in [5, 5.41) is 0. The Bertz CT molecular complexity index is 195. The van der Waals surface area contributed by atoms with Gasteiger partial charge >= 0.3 is 0 Å². The first-order valence-electron chi connectivity index (χ1n) is 7.74. The number of carbonyl (C=O) groups excluding carboxylic acids is 1. The van der Waals surface area contributed by atoms with E-state index in [0.717, 1.165) is 25.8 Å². The third-order valence-electron chi connectivity index (χ3n) is 3.28. The molecule has 18 heavy (non-hydrogen) atoms. The van der Waals surface area contributed by atoms with Gasteiger partial charge in [-0.25, -0.2) is 0 Å². The first kappa shape index (κ1) is 17.4. The van der Waals surface area contributed by atoms with Gasteiger partial charge in [0.05, 0.1) is 0 Å². The van der Waals surface area contributed by atoms with Crippen molar-refractivity contribution in [1.82, 2.24) is 4.90 Å². The molecule has 1 amide bonds. The van der Waals surface area contributed by atoms with Crippen LogP contribution in [0.4, 0.5) is 0 Å². The number of amides is 1. The summed E-state index contributed by atoms with van der Waals surface area (Å²) in [5.74, 6) is 0.296. The summed E-state index contributed by atoms with van der Waals surface area (Å²) in [4.78, 5) is 13.9. The maximum Gasteiger partial charge on any atom is 0.222 e. The summed E-state index contributed by atoms with van der Waals surface area (Å²) in [5.41, 5.74) is 5.55. The summed E-state index contributed by atoms with van der Waals surface area (Å²) in [7, 11) is 0. The number of nitrogens with two attached hydrogens (primary N) is 1. The van der Waals surface area contributed by atoms with Gasteiger partial charge in [0, 0.05) is 26.1 Å². The Morgan fingerprint density at radius 3 is 2.11 bits per heavy atom. The van der Waals surface area contributed by atoms with Crippen LogP contribution in [0.1, 0.15) is 71.6 Å². The number of hydrogen-bond donors (Lipinski definition) is 1. The van der Waals surface area contributed by atoms with Gasteiger partial charge in [-0.1, -0.05) is 52.4 Å². The van der Waals surface area contributed by atoms with Crippen LogP contribution in [0.25, 0.3) is 0 Å². The average Bonchev–Trinajstić information content (AvgIpc) is 2.38. The molecule has 0 aliphatic carbocycles. The van der Waals surface area contributed by atoms with E-state index in [4.69, 9.17) is 5.73 Å². The highest BCUT2D eigenvalue weighted by Crippen LogP contribution is 2.08. The maximum absolute atomic E-state index is 12.0. The molecule has 0 aliphatic heterocycles. The Kier molecular flexibility index (Phi) is 12.5. The van der Waals surface area contributed by atoms with E-state index in [2.05, 4.69) is 13.8 Å². The van der Waals surface area contributed by atoms with E-state index in [1.54, 1.807) is 0 Å². The fourth-order valence-corrected chi connectivity index (χ4v) is 2.08. The molecule has 3 nitrogen and oxygen atoms in total. The molecule has 0 aromatic rings. The molecular weight excluding hydrogens is 224 g/mol. The second kappa shape index (κ2) is 12.9. The SMILES string of the molecule is CCCCCCCCC(=O)N(CCN)CCCC. The fraction of sp³-hybridized carbons (Fsp3) is 0.933. The Balaban J connectivity index is 3.67. The van der Waals surface area contributed by atoms with Crippen molar-refractivity contribution >= 4 is 5.91 Å². The molecule has 0 saturated carbocycles. The molecule has 0 aromatic heterocycles. The number of hydrogen-bond acceptors (Lipinski definition) is 2. The summed E-state index contributed by atoms with van der Waals surface area (Å²) >= 11 is 0. The van der Waals surface area contributed by atoms with E-state index < -0.39 is 0 Å². The van der Waals surface area contributed by atoms with Crippen molar-refractivity contribution in [3.05, 3.63) is 0 Å². The zero-order valence-electron chi connectivity index (χ0n) is 12.4. The molecule has 2 N–H and O–H groups in total. The van der Waals surface area contributed by atoms with Crippen LogP contribution in [0.3, 0.4) is 0 Å². The monoisotopic (exact) mass is 256 g/mol. The van der Waals surface area contributed by atoms with Crippen LogP contribution in [-0.4, -0.2) is 30.4 Å². The highest BCUT2D eigenvalue weighted by molar-refractivity contribution is 5.76. The number of rotatable bonds is 12. The Morgan fingerprint density at radius 2 is 1.50 bits per heavy atom. The molecule has 0 radical (unpaired) electrons. The van der Waals surface area contributed by atoms with Gasteiger partial charge in [0.15, 0.2) is 0 Å². The van der Waals surface area contributed by atoms with Crippen molar-refractivity contribution in [2.75, 3.05) is 19.6 Å². The molecule has 0 aliphatic rings. The maximum atomic E-state index is 12.0. The first-order valence-corrected chi connectivity index (χ1v) is 7.74.